The molecule has 6 nitrogen and oxygen atoms in total. The molecule has 27 heavy (non-hydrogen) atoms. The molecule has 0 aliphatic rings. The van der Waals surface area contributed by atoms with Gasteiger partial charge in [0.15, 0.2) is 11.5 Å². The Hall–Kier alpha value is -2.99. The lowest BCUT2D eigenvalue weighted by Gasteiger charge is -2.22. The lowest BCUT2D eigenvalue weighted by molar-refractivity contribution is 0.187. The number of benzene rings is 1. The normalized spacial score (nSPS) is 12.0. The number of rotatable bonds is 5. The molecule has 138 valence electrons. The van der Waals surface area contributed by atoms with Gasteiger partial charge in [0.05, 0.1) is 12.1 Å². The van der Waals surface area contributed by atoms with Crippen LogP contribution in [0.3, 0.4) is 0 Å². The van der Waals surface area contributed by atoms with E-state index in [9.17, 15) is 0 Å². The van der Waals surface area contributed by atoms with Crippen molar-refractivity contribution < 1.29 is 4.74 Å². The molecule has 3 heterocycles. The van der Waals surface area contributed by atoms with Crippen molar-refractivity contribution in [3.8, 4) is 17.3 Å². The van der Waals surface area contributed by atoms with Crippen LogP contribution < -0.4 is 10.5 Å². The highest BCUT2D eigenvalue weighted by molar-refractivity contribution is 5.82. The SMILES string of the molecule is Cc1ccn2c(-c3ccc4cc(OCC(C)(C)CN)ccc4n3)nnc2c1. The van der Waals surface area contributed by atoms with E-state index in [2.05, 4.69) is 24.0 Å². The molecule has 3 aromatic heterocycles. The van der Waals surface area contributed by atoms with Crippen molar-refractivity contribution in [1.82, 2.24) is 19.6 Å². The number of aromatic nitrogens is 4. The van der Waals surface area contributed by atoms with Gasteiger partial charge in [-0.15, -0.1) is 10.2 Å². The zero-order valence-corrected chi connectivity index (χ0v) is 15.8. The lowest BCUT2D eigenvalue weighted by Crippen LogP contribution is -2.30. The maximum absolute atomic E-state index is 5.91. The van der Waals surface area contributed by atoms with E-state index in [4.69, 9.17) is 15.5 Å². The number of nitrogens with two attached hydrogens (primary N) is 1. The smallest absolute Gasteiger partial charge is 0.187 e. The van der Waals surface area contributed by atoms with Crippen molar-refractivity contribution in [2.24, 2.45) is 11.1 Å². The fraction of sp³-hybridized carbons (Fsp3) is 0.286. The fourth-order valence-electron chi connectivity index (χ4n) is 2.82. The topological polar surface area (TPSA) is 78.3 Å². The highest BCUT2D eigenvalue weighted by Crippen LogP contribution is 2.25. The van der Waals surface area contributed by atoms with Crippen LogP contribution in [-0.2, 0) is 0 Å². The standard InChI is InChI=1S/C21H23N5O/c1-14-8-9-26-19(10-14)24-25-20(26)18-6-4-15-11-16(5-7-17(15)23-18)27-13-21(2,3)12-22/h4-11H,12-13,22H2,1-3H3. The Bertz CT molecular complexity index is 1120. The van der Waals surface area contributed by atoms with Crippen LogP contribution >= 0.6 is 0 Å². The molecule has 1 aromatic carbocycles. The highest BCUT2D eigenvalue weighted by Gasteiger charge is 2.16. The minimum absolute atomic E-state index is 0.0514. The van der Waals surface area contributed by atoms with Crippen LogP contribution in [0.15, 0.2) is 48.7 Å². The first-order chi connectivity index (χ1) is 12.9. The molecule has 4 rings (SSSR count). The maximum atomic E-state index is 5.91. The molecule has 0 saturated carbocycles. The molecule has 0 radical (unpaired) electrons. The Morgan fingerprint density at radius 2 is 1.93 bits per heavy atom. The van der Waals surface area contributed by atoms with Crippen LogP contribution in [0.2, 0.25) is 0 Å². The quantitative estimate of drug-likeness (QED) is 0.587. The molecule has 0 saturated heterocycles. The summed E-state index contributed by atoms with van der Waals surface area (Å²) in [5.41, 5.74) is 9.37. The second-order valence-electron chi connectivity index (χ2n) is 7.66. The lowest BCUT2D eigenvalue weighted by atomic mass is 9.95. The largest absolute Gasteiger partial charge is 0.493 e. The second kappa shape index (κ2) is 6.63. The van der Waals surface area contributed by atoms with Crippen molar-refractivity contribution in [2.75, 3.05) is 13.2 Å². The third kappa shape index (κ3) is 3.48. The zero-order chi connectivity index (χ0) is 19.0. The minimum atomic E-state index is -0.0514. The third-order valence-corrected chi connectivity index (χ3v) is 4.64. The number of pyridine rings is 2. The third-order valence-electron chi connectivity index (χ3n) is 4.64. The maximum Gasteiger partial charge on any atom is 0.187 e. The number of ether oxygens (including phenoxy) is 1. The van der Waals surface area contributed by atoms with E-state index in [-0.39, 0.29) is 5.41 Å². The van der Waals surface area contributed by atoms with Gasteiger partial charge < -0.3 is 10.5 Å². The molecule has 0 bridgehead atoms. The predicted octanol–water partition coefficient (Wildman–Crippen LogP) is 3.62. The van der Waals surface area contributed by atoms with Gasteiger partial charge in [-0.05, 0) is 48.9 Å². The van der Waals surface area contributed by atoms with Crippen LogP contribution in [0.25, 0.3) is 28.1 Å². The molecular weight excluding hydrogens is 338 g/mol. The van der Waals surface area contributed by atoms with E-state index in [0.717, 1.165) is 39.4 Å². The molecule has 0 aliphatic heterocycles. The van der Waals surface area contributed by atoms with Gasteiger partial charge in [-0.2, -0.15) is 0 Å². The van der Waals surface area contributed by atoms with Crippen molar-refractivity contribution >= 4 is 16.6 Å². The van der Waals surface area contributed by atoms with Gasteiger partial charge >= 0.3 is 0 Å². The molecule has 0 amide bonds. The summed E-state index contributed by atoms with van der Waals surface area (Å²) in [6.45, 7) is 7.37. The van der Waals surface area contributed by atoms with E-state index >= 15 is 0 Å². The van der Waals surface area contributed by atoms with Gasteiger partial charge in [0.2, 0.25) is 0 Å². The summed E-state index contributed by atoms with van der Waals surface area (Å²) in [6.07, 6.45) is 1.97. The Morgan fingerprint density at radius 1 is 1.07 bits per heavy atom. The number of aryl methyl sites for hydroxylation is 1. The summed E-state index contributed by atoms with van der Waals surface area (Å²) >= 11 is 0. The first-order valence-corrected chi connectivity index (χ1v) is 9.01. The first kappa shape index (κ1) is 17.4. The van der Waals surface area contributed by atoms with Gasteiger partial charge in [0, 0.05) is 23.5 Å². The van der Waals surface area contributed by atoms with E-state index in [0.29, 0.717) is 13.2 Å². The Labute approximate surface area is 158 Å². The fourth-order valence-corrected chi connectivity index (χ4v) is 2.82. The summed E-state index contributed by atoms with van der Waals surface area (Å²) in [7, 11) is 0. The second-order valence-corrected chi connectivity index (χ2v) is 7.66. The van der Waals surface area contributed by atoms with Gasteiger partial charge in [-0.3, -0.25) is 4.40 Å². The van der Waals surface area contributed by atoms with E-state index in [1.165, 1.54) is 0 Å². The first-order valence-electron chi connectivity index (χ1n) is 9.01. The molecule has 0 unspecified atom stereocenters. The predicted molar refractivity (Wildman–Crippen MR) is 107 cm³/mol. The molecule has 0 spiro atoms. The van der Waals surface area contributed by atoms with Crippen LogP contribution in [-0.4, -0.2) is 32.7 Å². The van der Waals surface area contributed by atoms with Gasteiger partial charge in [0.1, 0.15) is 11.4 Å². The van der Waals surface area contributed by atoms with E-state index in [1.54, 1.807) is 0 Å². The molecule has 6 heteroatoms. The summed E-state index contributed by atoms with van der Waals surface area (Å²) < 4.78 is 7.86. The van der Waals surface area contributed by atoms with Crippen molar-refractivity contribution in [3.63, 3.8) is 0 Å². The average molecular weight is 361 g/mol. The Morgan fingerprint density at radius 3 is 2.74 bits per heavy atom. The monoisotopic (exact) mass is 361 g/mol. The summed E-state index contributed by atoms with van der Waals surface area (Å²) in [5.74, 6) is 1.55. The summed E-state index contributed by atoms with van der Waals surface area (Å²) in [6, 6.07) is 14.0. The molecular formula is C21H23N5O. The zero-order valence-electron chi connectivity index (χ0n) is 15.8. The van der Waals surface area contributed by atoms with E-state index < -0.39 is 0 Å². The number of hydrogen-bond acceptors (Lipinski definition) is 5. The molecule has 2 N–H and O–H groups in total. The van der Waals surface area contributed by atoms with Crippen LogP contribution in [0.1, 0.15) is 19.4 Å². The Balaban J connectivity index is 1.65. The van der Waals surface area contributed by atoms with Crippen molar-refractivity contribution in [3.05, 3.63) is 54.2 Å². The molecule has 0 aliphatic carbocycles. The van der Waals surface area contributed by atoms with Gasteiger partial charge in [-0.1, -0.05) is 19.9 Å². The minimum Gasteiger partial charge on any atom is -0.493 e. The number of nitrogens with zero attached hydrogens (tertiary/aromatic N) is 4. The molecule has 0 atom stereocenters. The molecule has 0 fully saturated rings. The number of fused-ring (bicyclic) bond motifs is 2. The van der Waals surface area contributed by atoms with Crippen LogP contribution in [0.5, 0.6) is 5.75 Å². The van der Waals surface area contributed by atoms with Crippen LogP contribution in [0, 0.1) is 12.3 Å². The van der Waals surface area contributed by atoms with Crippen LogP contribution in [0.4, 0.5) is 0 Å². The molecule has 4 aromatic rings. The van der Waals surface area contributed by atoms with E-state index in [1.807, 2.05) is 60.0 Å². The Kier molecular flexibility index (Phi) is 4.28. The van der Waals surface area contributed by atoms with Crippen molar-refractivity contribution in [1.29, 1.82) is 0 Å². The average Bonchev–Trinajstić information content (AvgIpc) is 3.09. The summed E-state index contributed by atoms with van der Waals surface area (Å²) in [4.78, 5) is 4.76. The highest BCUT2D eigenvalue weighted by atomic mass is 16.5. The number of hydrogen-bond donors (Lipinski definition) is 1. The van der Waals surface area contributed by atoms with Crippen molar-refractivity contribution in [2.45, 2.75) is 20.8 Å². The van der Waals surface area contributed by atoms with Gasteiger partial charge in [-0.25, -0.2) is 4.98 Å². The van der Waals surface area contributed by atoms with Gasteiger partial charge in [0.25, 0.3) is 0 Å². The summed E-state index contributed by atoms with van der Waals surface area (Å²) in [5, 5.41) is 9.58.